The molecule has 0 amide bonds. The summed E-state index contributed by atoms with van der Waals surface area (Å²) >= 11 is 0. The lowest BCUT2D eigenvalue weighted by molar-refractivity contribution is 1.07. The van der Waals surface area contributed by atoms with Crippen molar-refractivity contribution in [1.29, 1.82) is 10.5 Å². The molecule has 0 aliphatic heterocycles. The molecule has 0 fully saturated rings. The number of pyridine rings is 1. The van der Waals surface area contributed by atoms with Crippen LogP contribution in [0.4, 0.5) is 0 Å². The summed E-state index contributed by atoms with van der Waals surface area (Å²) in [5.74, 6) is 0. The van der Waals surface area contributed by atoms with E-state index in [0.717, 1.165) is 16.7 Å². The fraction of sp³-hybridized carbons (Fsp3) is 0.0667. The maximum Gasteiger partial charge on any atom is 0.213 e. The van der Waals surface area contributed by atoms with Crippen molar-refractivity contribution in [2.45, 2.75) is 6.54 Å². The smallest absolute Gasteiger partial charge is 0.213 e. The maximum atomic E-state index is 8.59. The number of aromatic nitrogens is 1. The normalized spacial score (nSPS) is 9.16. The number of nitrogens with zero attached hydrogens (tertiary/aromatic N) is 4. The van der Waals surface area contributed by atoms with Crippen LogP contribution >= 0.6 is 0 Å². The van der Waals surface area contributed by atoms with Gasteiger partial charge in [0.2, 0.25) is 5.71 Å². The van der Waals surface area contributed by atoms with Crippen LogP contribution in [0.15, 0.2) is 53.8 Å². The Morgan fingerprint density at radius 1 is 1.05 bits per heavy atom. The molecule has 1 aromatic carbocycles. The minimum absolute atomic E-state index is 0.101. The zero-order valence-electron chi connectivity index (χ0n) is 10.1. The molecule has 0 saturated carbocycles. The van der Waals surface area contributed by atoms with E-state index in [4.69, 9.17) is 10.5 Å². The highest BCUT2D eigenvalue weighted by molar-refractivity contribution is 6.10. The molecule has 0 N–H and O–H groups in total. The molecule has 90 valence electrons. The molecule has 2 rings (SSSR count). The third-order valence-corrected chi connectivity index (χ3v) is 2.58. The molecule has 1 aromatic heterocycles. The van der Waals surface area contributed by atoms with E-state index >= 15 is 0 Å². The summed E-state index contributed by atoms with van der Waals surface area (Å²) in [5, 5.41) is 17.2. The van der Waals surface area contributed by atoms with Crippen LogP contribution in [0.5, 0.6) is 0 Å². The molecule has 0 atom stereocenters. The van der Waals surface area contributed by atoms with Gasteiger partial charge in [-0.15, -0.1) is 0 Å². The van der Waals surface area contributed by atoms with Crippen LogP contribution in [0, 0.1) is 22.7 Å². The van der Waals surface area contributed by atoms with Crippen molar-refractivity contribution in [3.63, 3.8) is 0 Å². The predicted molar refractivity (Wildman–Crippen MR) is 72.0 cm³/mol. The third kappa shape index (κ3) is 3.24. The van der Waals surface area contributed by atoms with Gasteiger partial charge >= 0.3 is 0 Å². The van der Waals surface area contributed by atoms with Gasteiger partial charge in [0, 0.05) is 12.4 Å². The Balaban J connectivity index is 2.15. The van der Waals surface area contributed by atoms with Gasteiger partial charge in [-0.25, -0.2) is 0 Å². The molecule has 0 aliphatic rings. The first kappa shape index (κ1) is 12.5. The van der Waals surface area contributed by atoms with Crippen LogP contribution in [-0.4, -0.2) is 10.7 Å². The van der Waals surface area contributed by atoms with Gasteiger partial charge in [-0.2, -0.15) is 10.5 Å². The van der Waals surface area contributed by atoms with E-state index in [9.17, 15) is 0 Å². The average molecular weight is 246 g/mol. The number of benzene rings is 1. The van der Waals surface area contributed by atoms with E-state index in [1.807, 2.05) is 36.4 Å². The molecule has 2 aromatic rings. The van der Waals surface area contributed by atoms with Gasteiger partial charge in [-0.1, -0.05) is 30.3 Å². The summed E-state index contributed by atoms with van der Waals surface area (Å²) in [6.07, 6.45) is 3.54. The lowest BCUT2D eigenvalue weighted by Gasteiger charge is -2.02. The lowest BCUT2D eigenvalue weighted by Crippen LogP contribution is -1.90. The largest absolute Gasteiger partial charge is 0.264 e. The zero-order valence-corrected chi connectivity index (χ0v) is 10.1. The minimum atomic E-state index is -0.101. The molecule has 0 unspecified atom stereocenters. The second kappa shape index (κ2) is 6.09. The highest BCUT2D eigenvalue weighted by Crippen LogP contribution is 2.18. The molecule has 0 bridgehead atoms. The molecule has 0 aliphatic carbocycles. The second-order valence-corrected chi connectivity index (χ2v) is 3.83. The second-order valence-electron chi connectivity index (χ2n) is 3.83. The summed E-state index contributed by atoms with van der Waals surface area (Å²) < 4.78 is 0. The maximum absolute atomic E-state index is 8.59. The minimum Gasteiger partial charge on any atom is -0.264 e. The predicted octanol–water partition coefficient (Wildman–Crippen LogP) is 2.74. The quantitative estimate of drug-likeness (QED) is 0.781. The molecule has 0 spiro atoms. The van der Waals surface area contributed by atoms with Crippen LogP contribution in [0.3, 0.4) is 0 Å². The Kier molecular flexibility index (Phi) is 4.00. The van der Waals surface area contributed by atoms with E-state index in [1.54, 1.807) is 24.5 Å². The van der Waals surface area contributed by atoms with E-state index in [-0.39, 0.29) is 5.71 Å². The van der Waals surface area contributed by atoms with Crippen molar-refractivity contribution in [2.75, 3.05) is 0 Å². The molecule has 0 radical (unpaired) electrons. The molecular weight excluding hydrogens is 236 g/mol. The molecule has 19 heavy (non-hydrogen) atoms. The van der Waals surface area contributed by atoms with E-state index in [1.165, 1.54) is 0 Å². The van der Waals surface area contributed by atoms with Crippen LogP contribution in [0.25, 0.3) is 11.1 Å². The summed E-state index contributed by atoms with van der Waals surface area (Å²) in [5.41, 5.74) is 2.97. The summed E-state index contributed by atoms with van der Waals surface area (Å²) in [4.78, 5) is 7.99. The van der Waals surface area contributed by atoms with Crippen LogP contribution < -0.4 is 0 Å². The van der Waals surface area contributed by atoms with Crippen molar-refractivity contribution >= 4 is 5.71 Å². The topological polar surface area (TPSA) is 72.8 Å². The Bertz CT molecular complexity index is 642. The van der Waals surface area contributed by atoms with Crippen molar-refractivity contribution in [1.82, 2.24) is 4.98 Å². The zero-order chi connectivity index (χ0) is 13.5. The number of aliphatic imine (C=N–C) groups is 1. The van der Waals surface area contributed by atoms with Crippen molar-refractivity contribution in [3.8, 4) is 23.3 Å². The third-order valence-electron chi connectivity index (χ3n) is 2.58. The Morgan fingerprint density at radius 3 is 2.37 bits per heavy atom. The average Bonchev–Trinajstić information content (AvgIpc) is 2.50. The Hall–Kier alpha value is -2.98. The number of rotatable bonds is 3. The van der Waals surface area contributed by atoms with Crippen molar-refractivity contribution < 1.29 is 0 Å². The van der Waals surface area contributed by atoms with Gasteiger partial charge in [0.05, 0.1) is 6.54 Å². The Morgan fingerprint density at radius 2 is 1.79 bits per heavy atom. The highest BCUT2D eigenvalue weighted by Gasteiger charge is 1.98. The van der Waals surface area contributed by atoms with E-state index in [0.29, 0.717) is 6.54 Å². The van der Waals surface area contributed by atoms with Gasteiger partial charge in [0.25, 0.3) is 0 Å². The molecule has 4 heteroatoms. The first-order chi connectivity index (χ1) is 9.33. The monoisotopic (exact) mass is 246 g/mol. The van der Waals surface area contributed by atoms with Crippen molar-refractivity contribution in [2.24, 2.45) is 4.99 Å². The number of nitriles is 2. The van der Waals surface area contributed by atoms with Crippen LogP contribution in [-0.2, 0) is 6.54 Å². The van der Waals surface area contributed by atoms with Crippen LogP contribution in [0.2, 0.25) is 0 Å². The highest BCUT2D eigenvalue weighted by atomic mass is 14.7. The Labute approximate surface area is 111 Å². The van der Waals surface area contributed by atoms with Gasteiger partial charge in [0.15, 0.2) is 0 Å². The van der Waals surface area contributed by atoms with E-state index < -0.39 is 0 Å². The number of hydrogen-bond acceptors (Lipinski definition) is 4. The summed E-state index contributed by atoms with van der Waals surface area (Å²) in [6.45, 7) is 0.337. The van der Waals surface area contributed by atoms with Gasteiger partial charge in [-0.05, 0) is 22.8 Å². The van der Waals surface area contributed by atoms with Gasteiger partial charge in [0.1, 0.15) is 12.1 Å². The molecule has 1 heterocycles. The van der Waals surface area contributed by atoms with Gasteiger partial charge in [-0.3, -0.25) is 9.98 Å². The van der Waals surface area contributed by atoms with Crippen LogP contribution in [0.1, 0.15) is 5.56 Å². The van der Waals surface area contributed by atoms with E-state index in [2.05, 4.69) is 9.98 Å². The van der Waals surface area contributed by atoms with Gasteiger partial charge < -0.3 is 0 Å². The summed E-state index contributed by atoms with van der Waals surface area (Å²) in [7, 11) is 0. The standard InChI is InChI=1S/C15H10N4/c16-8-15(9-17)19-10-12-3-5-13(6-4-12)14-2-1-7-18-11-14/h1-7,11H,10H2. The first-order valence-electron chi connectivity index (χ1n) is 5.67. The fourth-order valence-corrected chi connectivity index (χ4v) is 1.60. The van der Waals surface area contributed by atoms with Crippen molar-refractivity contribution in [3.05, 3.63) is 54.4 Å². The fourth-order valence-electron chi connectivity index (χ4n) is 1.60. The molecule has 4 nitrogen and oxygen atoms in total. The summed E-state index contributed by atoms with van der Waals surface area (Å²) in [6, 6.07) is 15.2. The lowest BCUT2D eigenvalue weighted by atomic mass is 10.1. The molecule has 0 saturated heterocycles. The first-order valence-corrected chi connectivity index (χ1v) is 5.67. The molecular formula is C15H10N4. The SMILES string of the molecule is N#CC(C#N)=NCc1ccc(-c2cccnc2)cc1. The number of hydrogen-bond donors (Lipinski definition) is 0.